The lowest BCUT2D eigenvalue weighted by atomic mass is 9.87. The molecule has 0 bridgehead atoms. The molecule has 0 unspecified atom stereocenters. The summed E-state index contributed by atoms with van der Waals surface area (Å²) in [7, 11) is 0. The Bertz CT molecular complexity index is 530. The second kappa shape index (κ2) is 6.88. The number of β-lactam (4-membered cyclic amide) rings is 1. The van der Waals surface area contributed by atoms with Gasteiger partial charge in [-0.15, -0.1) is 0 Å². The van der Waals surface area contributed by atoms with E-state index in [4.69, 9.17) is 4.74 Å². The number of carbonyl (C=O) groups excluding carboxylic acids is 3. The third kappa shape index (κ3) is 3.81. The quantitative estimate of drug-likeness (QED) is 0.585. The van der Waals surface area contributed by atoms with E-state index in [-0.39, 0.29) is 24.8 Å². The average molecular weight is 290 g/mol. The van der Waals surface area contributed by atoms with Crippen molar-refractivity contribution in [3.05, 3.63) is 35.9 Å². The fraction of sp³-hybridized carbons (Fsp3) is 0.400. The first-order chi connectivity index (χ1) is 10.1. The predicted molar refractivity (Wildman–Crippen MR) is 75.0 cm³/mol. The van der Waals surface area contributed by atoms with Gasteiger partial charge >= 0.3 is 5.97 Å². The zero-order valence-electron chi connectivity index (χ0n) is 11.8. The zero-order chi connectivity index (χ0) is 15.2. The van der Waals surface area contributed by atoms with E-state index in [2.05, 4.69) is 10.6 Å². The summed E-state index contributed by atoms with van der Waals surface area (Å²) in [6, 6.07) is 8.80. The summed E-state index contributed by atoms with van der Waals surface area (Å²) >= 11 is 0. The Hall–Kier alpha value is -2.37. The number of carbonyl (C=O) groups is 3. The average Bonchev–Trinajstić information content (AvgIpc) is 2.49. The number of ether oxygens (including phenoxy) is 1. The molecule has 0 aliphatic carbocycles. The van der Waals surface area contributed by atoms with Crippen LogP contribution in [0.2, 0.25) is 0 Å². The third-order valence-electron chi connectivity index (χ3n) is 3.32. The van der Waals surface area contributed by atoms with E-state index in [0.717, 1.165) is 5.56 Å². The van der Waals surface area contributed by atoms with Gasteiger partial charge in [0.15, 0.2) is 0 Å². The van der Waals surface area contributed by atoms with Crippen molar-refractivity contribution in [3.8, 4) is 0 Å². The highest BCUT2D eigenvalue weighted by atomic mass is 16.5. The summed E-state index contributed by atoms with van der Waals surface area (Å²) in [5.41, 5.74) is 0.971. The molecule has 0 aromatic heterocycles. The molecule has 1 saturated heterocycles. The highest BCUT2D eigenvalue weighted by Gasteiger charge is 2.45. The van der Waals surface area contributed by atoms with Gasteiger partial charge in [-0.3, -0.25) is 14.4 Å². The number of amides is 2. The Morgan fingerprint density at radius 3 is 2.62 bits per heavy atom. The van der Waals surface area contributed by atoms with Crippen LogP contribution in [0.4, 0.5) is 0 Å². The molecule has 112 valence electrons. The number of esters is 1. The molecule has 1 aliphatic heterocycles. The Morgan fingerprint density at radius 2 is 2.00 bits per heavy atom. The van der Waals surface area contributed by atoms with E-state index >= 15 is 0 Å². The molecule has 2 N–H and O–H groups in total. The Labute approximate surface area is 122 Å². The maximum Gasteiger partial charge on any atom is 0.306 e. The maximum atomic E-state index is 12.0. The molecule has 0 saturated carbocycles. The lowest BCUT2D eigenvalue weighted by molar-refractivity contribution is -0.152. The minimum atomic E-state index is -0.661. The van der Waals surface area contributed by atoms with Gasteiger partial charge in [0, 0.05) is 6.54 Å². The van der Waals surface area contributed by atoms with Crippen LogP contribution in [0.25, 0.3) is 0 Å². The summed E-state index contributed by atoms with van der Waals surface area (Å²) in [5, 5.41) is 5.27. The summed E-state index contributed by atoms with van der Waals surface area (Å²) in [4.78, 5) is 34.9. The number of rotatable bonds is 6. The highest BCUT2D eigenvalue weighted by Crippen LogP contribution is 2.20. The van der Waals surface area contributed by atoms with E-state index in [9.17, 15) is 14.4 Å². The molecule has 1 fully saturated rings. The topological polar surface area (TPSA) is 84.5 Å². The summed E-state index contributed by atoms with van der Waals surface area (Å²) < 4.78 is 4.80. The van der Waals surface area contributed by atoms with Crippen molar-refractivity contribution in [1.29, 1.82) is 0 Å². The van der Waals surface area contributed by atoms with E-state index in [0.29, 0.717) is 6.54 Å². The SMILES string of the molecule is CCOC(=O)C[C@@H]1C(=O)N[C@@H]1C(=O)NCc1ccccc1. The first kappa shape index (κ1) is 15.0. The van der Waals surface area contributed by atoms with Crippen molar-refractivity contribution < 1.29 is 19.1 Å². The lowest BCUT2D eigenvalue weighted by Crippen LogP contribution is -2.64. The second-order valence-electron chi connectivity index (χ2n) is 4.81. The van der Waals surface area contributed by atoms with Crippen molar-refractivity contribution in [1.82, 2.24) is 10.6 Å². The fourth-order valence-electron chi connectivity index (χ4n) is 2.17. The molecular formula is C15H18N2O4. The van der Waals surface area contributed by atoms with Crippen LogP contribution in [0.3, 0.4) is 0 Å². The van der Waals surface area contributed by atoms with Crippen LogP contribution in [0.15, 0.2) is 30.3 Å². The molecular weight excluding hydrogens is 272 g/mol. The van der Waals surface area contributed by atoms with Crippen molar-refractivity contribution in [2.75, 3.05) is 6.61 Å². The van der Waals surface area contributed by atoms with Crippen LogP contribution in [0.5, 0.6) is 0 Å². The Balaban J connectivity index is 1.84. The van der Waals surface area contributed by atoms with Crippen molar-refractivity contribution >= 4 is 17.8 Å². The van der Waals surface area contributed by atoms with Crippen LogP contribution in [0.1, 0.15) is 18.9 Å². The van der Waals surface area contributed by atoms with Crippen LogP contribution < -0.4 is 10.6 Å². The number of hydrogen-bond donors (Lipinski definition) is 2. The molecule has 2 rings (SSSR count). The number of hydrogen-bond acceptors (Lipinski definition) is 4. The summed E-state index contributed by atoms with van der Waals surface area (Å²) in [6.07, 6.45) is -0.0664. The predicted octanol–water partition coefficient (Wildman–Crippen LogP) is 0.371. The normalized spacial score (nSPS) is 20.1. The third-order valence-corrected chi connectivity index (χ3v) is 3.32. The minimum Gasteiger partial charge on any atom is -0.466 e. The van der Waals surface area contributed by atoms with Gasteiger partial charge in [0.1, 0.15) is 6.04 Å². The molecule has 0 radical (unpaired) electrons. The second-order valence-corrected chi connectivity index (χ2v) is 4.81. The van der Waals surface area contributed by atoms with Gasteiger partial charge in [-0.25, -0.2) is 0 Å². The van der Waals surface area contributed by atoms with E-state index in [1.165, 1.54) is 0 Å². The van der Waals surface area contributed by atoms with Gasteiger partial charge < -0.3 is 15.4 Å². The van der Waals surface area contributed by atoms with E-state index in [1.54, 1.807) is 6.92 Å². The molecule has 21 heavy (non-hydrogen) atoms. The Kier molecular flexibility index (Phi) is 4.92. The molecule has 6 nitrogen and oxygen atoms in total. The molecule has 1 aromatic carbocycles. The molecule has 6 heteroatoms. The first-order valence-electron chi connectivity index (χ1n) is 6.89. The molecule has 1 aromatic rings. The van der Waals surface area contributed by atoms with Gasteiger partial charge in [0.25, 0.3) is 0 Å². The highest BCUT2D eigenvalue weighted by molar-refractivity contribution is 6.00. The molecule has 1 aliphatic rings. The fourth-order valence-corrected chi connectivity index (χ4v) is 2.17. The number of benzene rings is 1. The van der Waals surface area contributed by atoms with E-state index < -0.39 is 17.9 Å². The molecule has 1 heterocycles. The smallest absolute Gasteiger partial charge is 0.306 e. The summed E-state index contributed by atoms with van der Waals surface area (Å²) in [6.45, 7) is 2.35. The van der Waals surface area contributed by atoms with Crippen LogP contribution >= 0.6 is 0 Å². The first-order valence-corrected chi connectivity index (χ1v) is 6.89. The standard InChI is InChI=1S/C15H18N2O4/c1-2-21-12(18)8-11-13(17-14(11)19)15(20)16-9-10-6-4-3-5-7-10/h3-7,11,13H,2,8-9H2,1H3,(H,16,20)(H,17,19)/t11-,13-/m0/s1. The molecule has 2 amide bonds. The Morgan fingerprint density at radius 1 is 1.29 bits per heavy atom. The zero-order valence-corrected chi connectivity index (χ0v) is 11.8. The molecule has 0 spiro atoms. The summed E-state index contributed by atoms with van der Waals surface area (Å²) in [5.74, 6) is -1.67. The van der Waals surface area contributed by atoms with E-state index in [1.807, 2.05) is 30.3 Å². The van der Waals surface area contributed by atoms with Gasteiger partial charge in [0.2, 0.25) is 11.8 Å². The number of nitrogens with one attached hydrogen (secondary N) is 2. The monoisotopic (exact) mass is 290 g/mol. The van der Waals surface area contributed by atoms with Crippen LogP contribution in [0, 0.1) is 5.92 Å². The van der Waals surface area contributed by atoms with Crippen molar-refractivity contribution in [2.45, 2.75) is 25.9 Å². The van der Waals surface area contributed by atoms with Gasteiger partial charge in [-0.2, -0.15) is 0 Å². The van der Waals surface area contributed by atoms with Crippen LogP contribution in [-0.4, -0.2) is 30.4 Å². The largest absolute Gasteiger partial charge is 0.466 e. The van der Waals surface area contributed by atoms with Gasteiger partial charge in [0.05, 0.1) is 18.9 Å². The minimum absolute atomic E-state index is 0.0664. The van der Waals surface area contributed by atoms with Crippen LogP contribution in [-0.2, 0) is 25.7 Å². The molecule has 2 atom stereocenters. The maximum absolute atomic E-state index is 12.0. The van der Waals surface area contributed by atoms with Crippen molar-refractivity contribution in [3.63, 3.8) is 0 Å². The lowest BCUT2D eigenvalue weighted by Gasteiger charge is -2.34. The van der Waals surface area contributed by atoms with Gasteiger partial charge in [-0.05, 0) is 12.5 Å². The van der Waals surface area contributed by atoms with Gasteiger partial charge in [-0.1, -0.05) is 30.3 Å². The van der Waals surface area contributed by atoms with Crippen molar-refractivity contribution in [2.24, 2.45) is 5.92 Å².